The molecule has 0 bridgehead atoms. The number of ether oxygens (including phenoxy) is 2. The molecule has 0 atom stereocenters. The van der Waals surface area contributed by atoms with Gasteiger partial charge in [0.1, 0.15) is 5.60 Å². The number of hydrogen-bond donors (Lipinski definition) is 2. The Morgan fingerprint density at radius 3 is 1.93 bits per heavy atom. The van der Waals surface area contributed by atoms with Gasteiger partial charge in [-0.1, -0.05) is 55.3 Å². The smallest absolute Gasteiger partial charge is 0.337 e. The van der Waals surface area contributed by atoms with Crippen molar-refractivity contribution < 1.29 is 89.9 Å². The molecule has 0 fully saturated rings. The van der Waals surface area contributed by atoms with Crippen molar-refractivity contribution in [3.8, 4) is 23.0 Å². The first-order chi connectivity index (χ1) is 12.9. The van der Waals surface area contributed by atoms with Crippen molar-refractivity contribution in [1.29, 1.82) is 0 Å². The zero-order valence-corrected chi connectivity index (χ0v) is 21.4. The number of carbonyl (C=O) groups is 1. The summed E-state index contributed by atoms with van der Waals surface area (Å²) in [5.41, 5.74) is 2.20. The minimum absolute atomic E-state index is 0. The van der Waals surface area contributed by atoms with E-state index in [9.17, 15) is 15.0 Å². The van der Waals surface area contributed by atoms with Gasteiger partial charge in [0.2, 0.25) is 0 Å². The Labute approximate surface area is 218 Å². The summed E-state index contributed by atoms with van der Waals surface area (Å²) in [7, 11) is 0. The molecule has 2 N–H and O–H groups in total. The second-order valence-electron chi connectivity index (χ2n) is 6.81. The Morgan fingerprint density at radius 2 is 1.38 bits per heavy atom. The van der Waals surface area contributed by atoms with Crippen LogP contribution < -0.4 is 4.74 Å². The number of phenolic OH excluding ortho intramolecular Hbond substituents is 2. The fourth-order valence-electron chi connectivity index (χ4n) is 3.80. The third kappa shape index (κ3) is 3.09. The van der Waals surface area contributed by atoms with E-state index in [-0.39, 0.29) is 88.4 Å². The van der Waals surface area contributed by atoms with Crippen LogP contribution in [-0.4, -0.2) is 16.2 Å². The molecule has 3 aromatic rings. The van der Waals surface area contributed by atoms with Gasteiger partial charge in [0.25, 0.3) is 0 Å². The van der Waals surface area contributed by atoms with Crippen LogP contribution in [-0.2, 0) is 75.8 Å². The Hall–Kier alpha value is -1.26. The molecule has 0 aromatic heterocycles. The number of hydrogen-bond acceptors (Lipinski definition) is 5. The van der Waals surface area contributed by atoms with E-state index in [1.54, 1.807) is 38.1 Å². The minimum Gasteiger partial charge on any atom is -0.534 e. The summed E-state index contributed by atoms with van der Waals surface area (Å²) in [5, 5.41) is 20.2. The van der Waals surface area contributed by atoms with Gasteiger partial charge in [-0.15, -0.1) is 11.1 Å². The average molecular weight is 536 g/mol. The molecule has 2 radical (unpaired) electrons. The summed E-state index contributed by atoms with van der Waals surface area (Å²) in [4.78, 5) is 12.7. The molecule has 29 heavy (non-hydrogen) atoms. The van der Waals surface area contributed by atoms with Gasteiger partial charge in [-0.05, 0) is 11.6 Å². The van der Waals surface area contributed by atoms with Crippen LogP contribution in [0, 0.1) is 26.0 Å². The summed E-state index contributed by atoms with van der Waals surface area (Å²) in [6.07, 6.45) is 0. The van der Waals surface area contributed by atoms with Crippen LogP contribution in [0.4, 0.5) is 0 Å². The number of fused-ring (bicyclic) bond motifs is 6. The predicted molar refractivity (Wildman–Crippen MR) is 95.2 cm³/mol. The maximum absolute atomic E-state index is 12.7. The minimum atomic E-state index is -1.25. The fourth-order valence-corrected chi connectivity index (χ4v) is 3.80. The van der Waals surface area contributed by atoms with Crippen LogP contribution in [0.15, 0.2) is 36.4 Å². The fraction of sp³-hybridized carbons (Fsp3) is 0.136. The van der Waals surface area contributed by atoms with Crippen molar-refractivity contribution >= 4 is 5.97 Å². The molecular weight excluding hydrogens is 522 g/mol. The monoisotopic (exact) mass is 536 g/mol. The van der Waals surface area contributed by atoms with Crippen LogP contribution in [0.1, 0.15) is 38.2 Å². The van der Waals surface area contributed by atoms with Crippen molar-refractivity contribution in [2.45, 2.75) is 19.4 Å². The molecule has 0 saturated heterocycles. The molecule has 7 heteroatoms. The van der Waals surface area contributed by atoms with Crippen LogP contribution in [0.2, 0.25) is 0 Å². The molecule has 0 saturated carbocycles. The molecular formula is C22H14O5Y2-2. The van der Waals surface area contributed by atoms with E-state index in [0.717, 1.165) is 0 Å². The van der Waals surface area contributed by atoms with Crippen molar-refractivity contribution in [3.05, 3.63) is 81.9 Å². The van der Waals surface area contributed by atoms with Gasteiger partial charge in [0, 0.05) is 88.4 Å². The first-order valence-electron chi connectivity index (χ1n) is 8.45. The van der Waals surface area contributed by atoms with Gasteiger partial charge in [0.05, 0.1) is 5.56 Å². The van der Waals surface area contributed by atoms with Gasteiger partial charge in [0.15, 0.2) is 0 Å². The van der Waals surface area contributed by atoms with E-state index in [2.05, 4.69) is 12.1 Å². The van der Waals surface area contributed by atoms with Crippen LogP contribution in [0.3, 0.4) is 0 Å². The van der Waals surface area contributed by atoms with Gasteiger partial charge in [-0.2, -0.15) is 12.1 Å². The van der Waals surface area contributed by atoms with E-state index in [1.807, 2.05) is 12.1 Å². The first-order valence-corrected chi connectivity index (χ1v) is 8.45. The maximum Gasteiger partial charge on any atom is 0.337 e. The zero-order valence-electron chi connectivity index (χ0n) is 15.7. The number of aromatic hydroxyl groups is 2. The number of aryl methyl sites for hydroxylation is 2. The zero-order chi connectivity index (χ0) is 18.9. The second-order valence-corrected chi connectivity index (χ2v) is 6.81. The Balaban J connectivity index is 0.00000120. The largest absolute Gasteiger partial charge is 0.534 e. The molecule has 2 heterocycles. The number of rotatable bonds is 0. The van der Waals surface area contributed by atoms with Crippen molar-refractivity contribution in [2.75, 3.05) is 0 Å². The molecule has 3 aromatic carbocycles. The van der Waals surface area contributed by atoms with Gasteiger partial charge in [-0.3, -0.25) is 0 Å². The van der Waals surface area contributed by atoms with Gasteiger partial charge in [-0.25, -0.2) is 4.79 Å². The van der Waals surface area contributed by atoms with Crippen LogP contribution in [0.5, 0.6) is 23.0 Å². The number of benzene rings is 3. The molecule has 5 rings (SSSR count). The second kappa shape index (κ2) is 7.77. The number of esters is 1. The van der Waals surface area contributed by atoms with Crippen LogP contribution >= 0.6 is 0 Å². The Bertz CT molecular complexity index is 1100. The first kappa shape index (κ1) is 22.4. The molecule has 140 valence electrons. The van der Waals surface area contributed by atoms with E-state index in [1.165, 1.54) is 0 Å². The third-order valence-corrected chi connectivity index (χ3v) is 5.16. The molecule has 0 aliphatic carbocycles. The van der Waals surface area contributed by atoms with Crippen molar-refractivity contribution in [1.82, 2.24) is 0 Å². The average Bonchev–Trinajstić information content (AvgIpc) is 2.93. The molecule has 0 unspecified atom stereocenters. The normalized spacial score (nSPS) is 14.5. The topological polar surface area (TPSA) is 76.0 Å². The van der Waals surface area contributed by atoms with E-state index < -0.39 is 11.6 Å². The van der Waals surface area contributed by atoms with E-state index >= 15 is 0 Å². The van der Waals surface area contributed by atoms with E-state index in [4.69, 9.17) is 9.47 Å². The molecule has 2 aliphatic heterocycles. The standard InChI is InChI=1S/C22H14O5.2Y/c1-11-7-15-19(9-17(11)23)26-20-10-18(24)12(2)8-16(20)22(15)14-6-4-3-5-13(14)21(25)27-22;;/h3-8,23-24H,1-2H3;;/q-2;;. The number of phenols is 2. The Morgan fingerprint density at radius 1 is 0.862 bits per heavy atom. The predicted octanol–water partition coefficient (Wildman–Crippen LogP) is 3.88. The van der Waals surface area contributed by atoms with Crippen LogP contribution in [0.25, 0.3) is 0 Å². The summed E-state index contributed by atoms with van der Waals surface area (Å²) in [6.45, 7) is 3.48. The number of carbonyl (C=O) groups excluding carboxylic acids is 1. The quantitative estimate of drug-likeness (QED) is 0.337. The summed E-state index contributed by atoms with van der Waals surface area (Å²) in [6, 6.07) is 16.3. The van der Waals surface area contributed by atoms with Crippen molar-refractivity contribution in [2.24, 2.45) is 0 Å². The third-order valence-electron chi connectivity index (χ3n) is 5.16. The van der Waals surface area contributed by atoms with Gasteiger partial charge >= 0.3 is 5.97 Å². The summed E-state index contributed by atoms with van der Waals surface area (Å²) < 4.78 is 11.8. The molecule has 2 aliphatic rings. The molecule has 5 nitrogen and oxygen atoms in total. The van der Waals surface area contributed by atoms with Crippen molar-refractivity contribution in [3.63, 3.8) is 0 Å². The SMILES string of the molecule is Cc1cc2c([c-]c1O)Oc1[c-]c(O)c(C)cc1C21OC(=O)c2ccccc21.[Y].[Y]. The Kier molecular flexibility index (Phi) is 6.01. The molecule has 1 spiro atoms. The maximum atomic E-state index is 12.7. The summed E-state index contributed by atoms with van der Waals surface area (Å²) >= 11 is 0. The van der Waals surface area contributed by atoms with Gasteiger partial charge < -0.3 is 19.7 Å². The molecule has 0 amide bonds. The van der Waals surface area contributed by atoms with E-state index in [0.29, 0.717) is 33.4 Å². The summed E-state index contributed by atoms with van der Waals surface area (Å²) in [5.74, 6) is -0.0901.